The van der Waals surface area contributed by atoms with Gasteiger partial charge in [-0.2, -0.15) is 0 Å². The summed E-state index contributed by atoms with van der Waals surface area (Å²) in [5.41, 5.74) is 1.47. The fraction of sp³-hybridized carbons (Fsp3) is 0.667. The maximum absolute atomic E-state index is 4.89. The van der Waals surface area contributed by atoms with Gasteiger partial charge < -0.3 is 10.2 Å². The van der Waals surface area contributed by atoms with Gasteiger partial charge in [-0.05, 0) is 27.4 Å². The molecule has 0 aromatic carbocycles. The summed E-state index contributed by atoms with van der Waals surface area (Å²) in [7, 11) is 2.21. The van der Waals surface area contributed by atoms with Crippen LogP contribution >= 0.6 is 11.3 Å². The molecule has 0 unspecified atom stereocenters. The maximum atomic E-state index is 4.89. The molecule has 6 heteroatoms. The summed E-state index contributed by atoms with van der Waals surface area (Å²) in [6.07, 6.45) is 2.13. The van der Waals surface area contributed by atoms with Crippen molar-refractivity contribution in [3.8, 4) is 0 Å². The van der Waals surface area contributed by atoms with Crippen LogP contribution < -0.4 is 10.2 Å². The van der Waals surface area contributed by atoms with Gasteiger partial charge in [0.05, 0.1) is 5.69 Å². The lowest BCUT2D eigenvalue weighted by atomic mass is 10.00. The van der Waals surface area contributed by atoms with Gasteiger partial charge >= 0.3 is 0 Å². The molecule has 116 valence electrons. The molecule has 0 amide bonds. The number of rotatable bonds is 4. The van der Waals surface area contributed by atoms with Crippen molar-refractivity contribution in [3.63, 3.8) is 0 Å². The van der Waals surface area contributed by atoms with Crippen LogP contribution in [0.3, 0.4) is 0 Å². The van der Waals surface area contributed by atoms with E-state index in [1.165, 1.54) is 5.69 Å². The van der Waals surface area contributed by atoms with E-state index in [4.69, 9.17) is 4.98 Å². The number of aromatic nitrogens is 2. The smallest absolute Gasteiger partial charge is 0.195 e. The van der Waals surface area contributed by atoms with Gasteiger partial charge in [0.1, 0.15) is 0 Å². The molecular weight excluding hydrogens is 282 g/mol. The highest BCUT2D eigenvalue weighted by molar-refractivity contribution is 7.15. The Morgan fingerprint density at radius 1 is 1.38 bits per heavy atom. The average molecular weight is 307 g/mol. The van der Waals surface area contributed by atoms with Crippen LogP contribution in [0, 0.1) is 0 Å². The largest absolute Gasteiger partial charge is 0.352 e. The number of imidazole rings is 1. The second kappa shape index (κ2) is 5.59. The van der Waals surface area contributed by atoms with E-state index in [2.05, 4.69) is 58.9 Å². The van der Waals surface area contributed by atoms with Crippen molar-refractivity contribution >= 4 is 22.1 Å². The van der Waals surface area contributed by atoms with Gasteiger partial charge in [-0.3, -0.25) is 9.30 Å². The molecule has 1 saturated heterocycles. The molecule has 0 radical (unpaired) electrons. The average Bonchev–Trinajstić information content (AvgIpc) is 3.00. The molecule has 0 atom stereocenters. The molecule has 0 aliphatic carbocycles. The number of fused-ring (bicyclic) bond motifs is 1. The molecule has 21 heavy (non-hydrogen) atoms. The van der Waals surface area contributed by atoms with Crippen molar-refractivity contribution in [2.24, 2.45) is 0 Å². The number of piperazine rings is 1. The summed E-state index contributed by atoms with van der Waals surface area (Å²) in [6, 6.07) is 0. The first kappa shape index (κ1) is 14.8. The Kier molecular flexibility index (Phi) is 3.94. The summed E-state index contributed by atoms with van der Waals surface area (Å²) in [6.45, 7) is 11.8. The van der Waals surface area contributed by atoms with E-state index >= 15 is 0 Å². The molecule has 0 spiro atoms. The lowest BCUT2D eigenvalue weighted by molar-refractivity contribution is 0.138. The van der Waals surface area contributed by atoms with E-state index in [9.17, 15) is 0 Å². The van der Waals surface area contributed by atoms with Crippen LogP contribution in [-0.2, 0) is 6.54 Å². The molecule has 0 saturated carbocycles. The maximum Gasteiger partial charge on any atom is 0.195 e. The second-order valence-electron chi connectivity index (χ2n) is 6.37. The topological polar surface area (TPSA) is 35.8 Å². The third kappa shape index (κ3) is 2.67. The molecule has 1 aliphatic rings. The van der Waals surface area contributed by atoms with Crippen molar-refractivity contribution in [3.05, 3.63) is 17.3 Å². The summed E-state index contributed by atoms with van der Waals surface area (Å²) < 4.78 is 2.23. The highest BCUT2D eigenvalue weighted by atomic mass is 32.1. The number of nitrogens with one attached hydrogen (secondary N) is 1. The fourth-order valence-corrected chi connectivity index (χ4v) is 3.63. The molecule has 1 fully saturated rings. The van der Waals surface area contributed by atoms with Crippen LogP contribution in [-0.4, -0.2) is 53.1 Å². The predicted octanol–water partition coefficient (Wildman–Crippen LogP) is 2.04. The Labute approximate surface area is 130 Å². The zero-order chi connectivity index (χ0) is 15.0. The van der Waals surface area contributed by atoms with Gasteiger partial charge in [0.2, 0.25) is 0 Å². The lowest BCUT2D eigenvalue weighted by Gasteiger charge is -2.45. The zero-order valence-electron chi connectivity index (χ0n) is 13.4. The minimum atomic E-state index is 0.185. The van der Waals surface area contributed by atoms with Crippen molar-refractivity contribution in [2.75, 3.05) is 38.1 Å². The molecule has 2 aromatic heterocycles. The van der Waals surface area contributed by atoms with Gasteiger partial charge in [-0.1, -0.05) is 6.92 Å². The molecule has 0 bridgehead atoms. The van der Waals surface area contributed by atoms with Crippen LogP contribution in [0.5, 0.6) is 0 Å². The summed E-state index contributed by atoms with van der Waals surface area (Å²) in [4.78, 5) is 10.9. The van der Waals surface area contributed by atoms with Gasteiger partial charge in [0.15, 0.2) is 10.8 Å². The van der Waals surface area contributed by atoms with Gasteiger partial charge in [0, 0.05) is 43.3 Å². The van der Waals surface area contributed by atoms with E-state index < -0.39 is 0 Å². The van der Waals surface area contributed by atoms with E-state index in [0.29, 0.717) is 0 Å². The molecule has 5 nitrogen and oxygen atoms in total. The summed E-state index contributed by atoms with van der Waals surface area (Å²) in [5, 5.41) is 5.55. The van der Waals surface area contributed by atoms with Crippen molar-refractivity contribution in [1.29, 1.82) is 0 Å². The molecular formula is C15H25N5S. The lowest BCUT2D eigenvalue weighted by Crippen LogP contribution is -2.58. The Morgan fingerprint density at radius 3 is 2.90 bits per heavy atom. The summed E-state index contributed by atoms with van der Waals surface area (Å²) in [5.74, 6) is 1.16. The first-order valence-corrected chi connectivity index (χ1v) is 8.52. The quantitative estimate of drug-likeness (QED) is 0.938. The molecule has 3 heterocycles. The standard InChI is InChI=1S/C15H25N5S/c1-5-16-10-12-13(17-14-20(12)8-9-21-14)19-7-6-18(4)15(2,3)11-19/h8-9,16H,5-7,10-11H2,1-4H3. The van der Waals surface area contributed by atoms with Crippen LogP contribution in [0.2, 0.25) is 0 Å². The Morgan fingerprint density at radius 2 is 2.19 bits per heavy atom. The first-order valence-electron chi connectivity index (χ1n) is 7.64. The number of anilines is 1. The number of hydrogen-bond acceptors (Lipinski definition) is 5. The number of thiazole rings is 1. The van der Waals surface area contributed by atoms with E-state index in [1.807, 2.05) is 0 Å². The van der Waals surface area contributed by atoms with Crippen molar-refractivity contribution in [1.82, 2.24) is 19.6 Å². The van der Waals surface area contributed by atoms with Crippen LogP contribution in [0.15, 0.2) is 11.6 Å². The highest BCUT2D eigenvalue weighted by Crippen LogP contribution is 2.29. The fourth-order valence-electron chi connectivity index (χ4n) is 2.90. The van der Waals surface area contributed by atoms with Crippen LogP contribution in [0.25, 0.3) is 4.96 Å². The third-order valence-electron chi connectivity index (χ3n) is 4.50. The number of likely N-dealkylation sites (N-methyl/N-ethyl adjacent to an activating group) is 1. The first-order chi connectivity index (χ1) is 10.0. The summed E-state index contributed by atoms with van der Waals surface area (Å²) >= 11 is 1.71. The second-order valence-corrected chi connectivity index (χ2v) is 7.25. The molecule has 1 N–H and O–H groups in total. The molecule has 2 aromatic rings. The number of nitrogens with zero attached hydrogens (tertiary/aromatic N) is 4. The zero-order valence-corrected chi connectivity index (χ0v) is 14.2. The highest BCUT2D eigenvalue weighted by Gasteiger charge is 2.33. The van der Waals surface area contributed by atoms with Gasteiger partial charge in [0.25, 0.3) is 0 Å². The monoisotopic (exact) mass is 307 g/mol. The SMILES string of the molecule is CCNCc1c(N2CCN(C)C(C)(C)C2)nc2sccn12. The minimum Gasteiger partial charge on any atom is -0.352 e. The minimum absolute atomic E-state index is 0.185. The van der Waals surface area contributed by atoms with Gasteiger partial charge in [-0.15, -0.1) is 11.3 Å². The molecule has 1 aliphatic heterocycles. The van der Waals surface area contributed by atoms with Crippen LogP contribution in [0.1, 0.15) is 26.5 Å². The van der Waals surface area contributed by atoms with E-state index in [0.717, 1.165) is 43.5 Å². The van der Waals surface area contributed by atoms with Crippen molar-refractivity contribution in [2.45, 2.75) is 32.9 Å². The van der Waals surface area contributed by atoms with Crippen molar-refractivity contribution < 1.29 is 0 Å². The third-order valence-corrected chi connectivity index (χ3v) is 5.25. The van der Waals surface area contributed by atoms with E-state index in [1.54, 1.807) is 11.3 Å². The Balaban J connectivity index is 1.94. The number of hydrogen-bond donors (Lipinski definition) is 1. The van der Waals surface area contributed by atoms with E-state index in [-0.39, 0.29) is 5.54 Å². The Bertz CT molecular complexity index is 615. The van der Waals surface area contributed by atoms with Gasteiger partial charge in [-0.25, -0.2) is 4.98 Å². The molecule has 3 rings (SSSR count). The normalized spacial score (nSPS) is 19.5. The van der Waals surface area contributed by atoms with Crippen LogP contribution in [0.4, 0.5) is 5.82 Å². The predicted molar refractivity (Wildman–Crippen MR) is 89.4 cm³/mol. The Hall–Kier alpha value is -1.11.